The first-order chi connectivity index (χ1) is 7.51. The van der Waals surface area contributed by atoms with Crippen molar-refractivity contribution in [2.75, 3.05) is 19.3 Å². The molecule has 0 amide bonds. The van der Waals surface area contributed by atoms with Gasteiger partial charge in [-0.15, -0.1) is 0 Å². The van der Waals surface area contributed by atoms with Crippen LogP contribution in [0.2, 0.25) is 0 Å². The molecule has 86 valence electrons. The Morgan fingerprint density at radius 3 is 2.75 bits per heavy atom. The van der Waals surface area contributed by atoms with E-state index in [0.717, 1.165) is 5.56 Å². The highest BCUT2D eigenvalue weighted by Gasteiger charge is 2.07. The number of nitrogens with two attached hydrogens (primary N) is 1. The molecule has 0 aromatic heterocycles. The van der Waals surface area contributed by atoms with Crippen molar-refractivity contribution in [2.24, 2.45) is 5.92 Å². The van der Waals surface area contributed by atoms with Gasteiger partial charge in [0.15, 0.2) is 0 Å². The Balaban J connectivity index is 2.63. The van der Waals surface area contributed by atoms with E-state index in [1.165, 1.54) is 12.1 Å². The van der Waals surface area contributed by atoms with E-state index in [4.69, 9.17) is 11.0 Å². The summed E-state index contributed by atoms with van der Waals surface area (Å²) < 4.78 is 13.1. The summed E-state index contributed by atoms with van der Waals surface area (Å²) in [6, 6.07) is 6.67. The summed E-state index contributed by atoms with van der Waals surface area (Å²) in [5.74, 6) is -0.354. The molecule has 4 heteroatoms. The van der Waals surface area contributed by atoms with Gasteiger partial charge < -0.3 is 10.6 Å². The number of hydrogen-bond acceptors (Lipinski definition) is 3. The number of anilines is 1. The van der Waals surface area contributed by atoms with Gasteiger partial charge in [-0.2, -0.15) is 5.26 Å². The van der Waals surface area contributed by atoms with Crippen LogP contribution in [0.15, 0.2) is 18.2 Å². The van der Waals surface area contributed by atoms with Crippen molar-refractivity contribution in [2.45, 2.75) is 13.5 Å². The molecule has 0 aliphatic heterocycles. The second-order valence-corrected chi connectivity index (χ2v) is 4.12. The molecule has 1 aromatic carbocycles. The van der Waals surface area contributed by atoms with E-state index >= 15 is 0 Å². The second-order valence-electron chi connectivity index (χ2n) is 4.12. The zero-order chi connectivity index (χ0) is 12.1. The van der Waals surface area contributed by atoms with Crippen molar-refractivity contribution in [1.29, 1.82) is 5.26 Å². The molecule has 0 saturated carbocycles. The fraction of sp³-hybridized carbons (Fsp3) is 0.417. The first-order valence-electron chi connectivity index (χ1n) is 5.14. The Labute approximate surface area is 95.3 Å². The third-order valence-electron chi connectivity index (χ3n) is 2.24. The fourth-order valence-electron chi connectivity index (χ4n) is 1.65. The number of halogens is 1. The van der Waals surface area contributed by atoms with Gasteiger partial charge in [0.2, 0.25) is 0 Å². The maximum absolute atomic E-state index is 13.1. The number of benzene rings is 1. The van der Waals surface area contributed by atoms with Gasteiger partial charge in [-0.05, 0) is 37.7 Å². The van der Waals surface area contributed by atoms with Gasteiger partial charge in [0.25, 0.3) is 0 Å². The maximum Gasteiger partial charge on any atom is 0.125 e. The van der Waals surface area contributed by atoms with Gasteiger partial charge in [-0.25, -0.2) is 4.39 Å². The van der Waals surface area contributed by atoms with Gasteiger partial charge in [-0.1, -0.05) is 0 Å². The van der Waals surface area contributed by atoms with Crippen molar-refractivity contribution in [1.82, 2.24) is 4.90 Å². The molecule has 1 unspecified atom stereocenters. The summed E-state index contributed by atoms with van der Waals surface area (Å²) in [4.78, 5) is 1.97. The smallest absolute Gasteiger partial charge is 0.125 e. The van der Waals surface area contributed by atoms with E-state index in [-0.39, 0.29) is 11.7 Å². The van der Waals surface area contributed by atoms with Crippen LogP contribution in [-0.4, -0.2) is 18.5 Å². The lowest BCUT2D eigenvalue weighted by atomic mass is 10.1. The van der Waals surface area contributed by atoms with Crippen molar-refractivity contribution in [3.8, 4) is 6.07 Å². The first kappa shape index (κ1) is 12.5. The van der Waals surface area contributed by atoms with Gasteiger partial charge in [0.05, 0.1) is 12.0 Å². The Bertz CT molecular complexity index is 377. The number of hydrogen-bond donors (Lipinski definition) is 1. The summed E-state index contributed by atoms with van der Waals surface area (Å²) in [5, 5.41) is 8.68. The lowest BCUT2D eigenvalue weighted by Crippen LogP contribution is -2.23. The monoisotopic (exact) mass is 221 g/mol. The molecule has 1 aromatic rings. The lowest BCUT2D eigenvalue weighted by molar-refractivity contribution is 0.303. The van der Waals surface area contributed by atoms with Gasteiger partial charge >= 0.3 is 0 Å². The lowest BCUT2D eigenvalue weighted by Gasteiger charge is -2.18. The standard InChI is InChI=1S/C12H16FN3/c1-9(6-14)7-16(2)8-10-3-11(13)5-12(15)4-10/h3-5,9H,7-8,15H2,1-2H3. The first-order valence-corrected chi connectivity index (χ1v) is 5.14. The number of nitrogen functional groups attached to an aromatic ring is 1. The van der Waals surface area contributed by atoms with Crippen molar-refractivity contribution >= 4 is 5.69 Å². The predicted octanol–water partition coefficient (Wildman–Crippen LogP) is 2.00. The molecule has 1 atom stereocenters. The molecule has 0 saturated heterocycles. The molecule has 3 nitrogen and oxygen atoms in total. The van der Waals surface area contributed by atoms with Crippen LogP contribution < -0.4 is 5.73 Å². The largest absolute Gasteiger partial charge is 0.399 e. The van der Waals surface area contributed by atoms with Crippen LogP contribution in [0.1, 0.15) is 12.5 Å². The molecule has 1 rings (SSSR count). The van der Waals surface area contributed by atoms with Crippen LogP contribution in [0.3, 0.4) is 0 Å². The molecule has 0 heterocycles. The third kappa shape index (κ3) is 3.87. The highest BCUT2D eigenvalue weighted by Crippen LogP contribution is 2.12. The molecule has 0 fully saturated rings. The Hall–Kier alpha value is -1.60. The van der Waals surface area contributed by atoms with Crippen LogP contribution in [0.25, 0.3) is 0 Å². The molecule has 2 N–H and O–H groups in total. The average Bonchev–Trinajstić information content (AvgIpc) is 2.15. The van der Waals surface area contributed by atoms with E-state index in [9.17, 15) is 4.39 Å². The van der Waals surface area contributed by atoms with E-state index < -0.39 is 0 Å². The number of rotatable bonds is 4. The van der Waals surface area contributed by atoms with Gasteiger partial charge in [-0.3, -0.25) is 0 Å². The van der Waals surface area contributed by atoms with Crippen LogP contribution in [0, 0.1) is 23.1 Å². The minimum absolute atomic E-state index is 0.0316. The molecular weight excluding hydrogens is 205 g/mol. The minimum atomic E-state index is -0.322. The van der Waals surface area contributed by atoms with E-state index in [1.54, 1.807) is 6.07 Å². The quantitative estimate of drug-likeness (QED) is 0.791. The normalized spacial score (nSPS) is 12.4. The Morgan fingerprint density at radius 1 is 1.50 bits per heavy atom. The highest BCUT2D eigenvalue weighted by molar-refractivity contribution is 5.41. The zero-order valence-corrected chi connectivity index (χ0v) is 9.57. The topological polar surface area (TPSA) is 53.0 Å². The van der Waals surface area contributed by atoms with Crippen LogP contribution in [0.5, 0.6) is 0 Å². The van der Waals surface area contributed by atoms with Gasteiger partial charge in [0.1, 0.15) is 5.82 Å². The molecule has 16 heavy (non-hydrogen) atoms. The number of nitriles is 1. The zero-order valence-electron chi connectivity index (χ0n) is 9.57. The molecule has 0 aliphatic rings. The van der Waals surface area contributed by atoms with Crippen molar-refractivity contribution < 1.29 is 4.39 Å². The van der Waals surface area contributed by atoms with Crippen molar-refractivity contribution in [3.05, 3.63) is 29.6 Å². The highest BCUT2D eigenvalue weighted by atomic mass is 19.1. The SMILES string of the molecule is CC(C#N)CN(C)Cc1cc(N)cc(F)c1. The summed E-state index contributed by atoms with van der Waals surface area (Å²) in [7, 11) is 1.90. The van der Waals surface area contributed by atoms with E-state index in [0.29, 0.717) is 18.8 Å². The molecule has 0 radical (unpaired) electrons. The summed E-state index contributed by atoms with van der Waals surface area (Å²) in [5.41, 5.74) is 6.80. The molecular formula is C12H16FN3. The molecule has 0 bridgehead atoms. The Kier molecular flexibility index (Phi) is 4.27. The van der Waals surface area contributed by atoms with Crippen LogP contribution >= 0.6 is 0 Å². The van der Waals surface area contributed by atoms with Crippen molar-refractivity contribution in [3.63, 3.8) is 0 Å². The maximum atomic E-state index is 13.1. The summed E-state index contributed by atoms with van der Waals surface area (Å²) in [6.07, 6.45) is 0. The average molecular weight is 221 g/mol. The van der Waals surface area contributed by atoms with Gasteiger partial charge in [0, 0.05) is 18.8 Å². The number of nitrogens with zero attached hydrogens (tertiary/aromatic N) is 2. The fourth-order valence-corrected chi connectivity index (χ4v) is 1.65. The molecule has 0 aliphatic carbocycles. The van der Waals surface area contributed by atoms with E-state index in [2.05, 4.69) is 6.07 Å². The predicted molar refractivity (Wildman–Crippen MR) is 61.9 cm³/mol. The Morgan fingerprint density at radius 2 is 2.19 bits per heavy atom. The van der Waals surface area contributed by atoms with Crippen LogP contribution in [-0.2, 0) is 6.54 Å². The minimum Gasteiger partial charge on any atom is -0.399 e. The summed E-state index contributed by atoms with van der Waals surface area (Å²) in [6.45, 7) is 3.11. The van der Waals surface area contributed by atoms with E-state index in [1.807, 2.05) is 18.9 Å². The third-order valence-corrected chi connectivity index (χ3v) is 2.24. The van der Waals surface area contributed by atoms with Crippen LogP contribution in [0.4, 0.5) is 10.1 Å². The molecule has 0 spiro atoms. The summed E-state index contributed by atoms with van der Waals surface area (Å²) >= 11 is 0. The second kappa shape index (κ2) is 5.47.